The lowest BCUT2D eigenvalue weighted by molar-refractivity contribution is 0.264. The number of amidine groups is 1. The van der Waals surface area contributed by atoms with E-state index >= 15 is 0 Å². The number of methoxy groups -OCH3 is 1. The summed E-state index contributed by atoms with van der Waals surface area (Å²) in [4.78, 5) is 17.1. The molecule has 6 rings (SSSR count). The zero-order valence-electron chi connectivity index (χ0n) is 18.0. The van der Waals surface area contributed by atoms with Crippen LogP contribution in [0.25, 0.3) is 22.4 Å². The molecule has 0 amide bonds. The van der Waals surface area contributed by atoms with E-state index in [-0.39, 0.29) is 12.6 Å². The molecule has 2 N–H and O–H groups in total. The number of halogens is 1. The zero-order valence-corrected chi connectivity index (χ0v) is 18.0. The van der Waals surface area contributed by atoms with Crippen molar-refractivity contribution in [3.8, 4) is 39.8 Å². The van der Waals surface area contributed by atoms with Crippen molar-refractivity contribution in [3.05, 3.63) is 84.2 Å². The van der Waals surface area contributed by atoms with Crippen molar-refractivity contribution in [1.29, 1.82) is 0 Å². The van der Waals surface area contributed by atoms with E-state index in [0.717, 1.165) is 22.3 Å². The predicted octanol–water partition coefficient (Wildman–Crippen LogP) is 4.05. The molecule has 1 aromatic carbocycles. The van der Waals surface area contributed by atoms with Gasteiger partial charge >= 0.3 is 0 Å². The van der Waals surface area contributed by atoms with Crippen LogP contribution in [0.4, 0.5) is 4.39 Å². The molecule has 1 atom stereocenters. The third kappa shape index (κ3) is 3.05. The Bertz CT molecular complexity index is 1470. The van der Waals surface area contributed by atoms with Gasteiger partial charge in [-0.1, -0.05) is 6.07 Å². The lowest BCUT2D eigenvalue weighted by Crippen LogP contribution is -2.31. The number of rotatable bonds is 3. The van der Waals surface area contributed by atoms with Crippen LogP contribution in [0.2, 0.25) is 0 Å². The van der Waals surface area contributed by atoms with E-state index in [1.165, 1.54) is 12.3 Å². The second-order valence-electron chi connectivity index (χ2n) is 7.91. The topological polar surface area (TPSA) is 105 Å². The van der Waals surface area contributed by atoms with Gasteiger partial charge in [0.1, 0.15) is 12.4 Å². The highest BCUT2D eigenvalue weighted by atomic mass is 19.1. The highest BCUT2D eigenvalue weighted by Crippen LogP contribution is 2.52. The van der Waals surface area contributed by atoms with Gasteiger partial charge < -0.3 is 19.9 Å². The largest absolute Gasteiger partial charge is 0.481 e. The first kappa shape index (κ1) is 20.1. The highest BCUT2D eigenvalue weighted by Gasteiger charge is 2.47. The maximum atomic E-state index is 13.8. The first-order valence-electron chi connectivity index (χ1n) is 10.5. The minimum atomic E-state index is -0.957. The fourth-order valence-corrected chi connectivity index (χ4v) is 4.42. The fourth-order valence-electron chi connectivity index (χ4n) is 4.42. The standard InChI is InChI=1S/C25H18FN5O3/c1-32-23-16(3-2-7-29-23)14-4-5-20-17(9-14)25(13-33-24(27)31-25)18-11-19(30-12-21(18)34-20)15-6-8-28-22(26)10-15/h2-12H,13H2,1H3,(H2,27,31). The summed E-state index contributed by atoms with van der Waals surface area (Å²) in [6, 6.07) is 14.5. The fraction of sp³-hybridized carbons (Fsp3) is 0.120. The Morgan fingerprint density at radius 1 is 0.971 bits per heavy atom. The molecule has 168 valence electrons. The van der Waals surface area contributed by atoms with Crippen molar-refractivity contribution >= 4 is 6.02 Å². The van der Waals surface area contributed by atoms with E-state index in [1.54, 1.807) is 25.6 Å². The molecule has 34 heavy (non-hydrogen) atoms. The Labute approximate surface area is 193 Å². The molecule has 2 aliphatic heterocycles. The van der Waals surface area contributed by atoms with Crippen LogP contribution in [-0.4, -0.2) is 34.7 Å². The lowest BCUT2D eigenvalue weighted by Gasteiger charge is -2.33. The van der Waals surface area contributed by atoms with Crippen molar-refractivity contribution in [2.45, 2.75) is 5.54 Å². The maximum Gasteiger partial charge on any atom is 0.283 e. The SMILES string of the molecule is COc1ncccc1-c1ccc2c(c1)C1(COC(N)=N1)c1cc(-c3ccnc(F)c3)ncc1O2. The van der Waals surface area contributed by atoms with Gasteiger partial charge in [0.05, 0.1) is 19.0 Å². The Hall–Kier alpha value is -4.53. The summed E-state index contributed by atoms with van der Waals surface area (Å²) in [6.45, 7) is 0.185. The smallest absolute Gasteiger partial charge is 0.283 e. The summed E-state index contributed by atoms with van der Waals surface area (Å²) in [7, 11) is 1.58. The van der Waals surface area contributed by atoms with Crippen molar-refractivity contribution in [2.75, 3.05) is 13.7 Å². The molecule has 0 aliphatic carbocycles. The van der Waals surface area contributed by atoms with Crippen molar-refractivity contribution in [3.63, 3.8) is 0 Å². The first-order valence-corrected chi connectivity index (χ1v) is 10.5. The predicted molar refractivity (Wildman–Crippen MR) is 122 cm³/mol. The van der Waals surface area contributed by atoms with E-state index < -0.39 is 11.5 Å². The van der Waals surface area contributed by atoms with Gasteiger partial charge in [0.15, 0.2) is 11.3 Å². The second-order valence-corrected chi connectivity index (χ2v) is 7.91. The third-order valence-electron chi connectivity index (χ3n) is 5.99. The number of benzene rings is 1. The van der Waals surface area contributed by atoms with Crippen molar-refractivity contribution in [2.24, 2.45) is 10.7 Å². The molecule has 0 saturated carbocycles. The molecule has 0 fully saturated rings. The van der Waals surface area contributed by atoms with Crippen molar-refractivity contribution in [1.82, 2.24) is 15.0 Å². The van der Waals surface area contributed by atoms with Crippen LogP contribution in [0.3, 0.4) is 0 Å². The Balaban J connectivity index is 1.55. The molecular formula is C25H18FN5O3. The number of hydrogen-bond donors (Lipinski definition) is 1. The molecule has 4 aromatic rings. The molecule has 1 spiro atoms. The number of aliphatic imine (C=N–C) groups is 1. The molecule has 0 bridgehead atoms. The van der Waals surface area contributed by atoms with Crippen LogP contribution in [0.15, 0.2) is 72.1 Å². The molecule has 3 aromatic heterocycles. The van der Waals surface area contributed by atoms with Gasteiger partial charge in [0, 0.05) is 40.7 Å². The lowest BCUT2D eigenvalue weighted by atomic mass is 9.80. The van der Waals surface area contributed by atoms with Gasteiger partial charge in [-0.2, -0.15) is 4.39 Å². The quantitative estimate of drug-likeness (QED) is 0.465. The van der Waals surface area contributed by atoms with E-state index in [2.05, 4.69) is 15.0 Å². The summed E-state index contributed by atoms with van der Waals surface area (Å²) in [5, 5.41) is 0. The molecule has 0 saturated heterocycles. The summed E-state index contributed by atoms with van der Waals surface area (Å²) >= 11 is 0. The maximum absolute atomic E-state index is 13.8. The number of fused-ring (bicyclic) bond motifs is 4. The van der Waals surface area contributed by atoms with Crippen molar-refractivity contribution < 1.29 is 18.6 Å². The number of aromatic nitrogens is 3. The van der Waals surface area contributed by atoms with E-state index in [1.807, 2.05) is 36.4 Å². The van der Waals surface area contributed by atoms with Gasteiger partial charge in [-0.05, 0) is 42.0 Å². The summed E-state index contributed by atoms with van der Waals surface area (Å²) in [5.41, 5.74) is 9.38. The number of pyridine rings is 3. The third-order valence-corrected chi connectivity index (χ3v) is 5.99. The zero-order chi connectivity index (χ0) is 23.3. The summed E-state index contributed by atoms with van der Waals surface area (Å²) in [5.74, 6) is 1.06. The van der Waals surface area contributed by atoms with Gasteiger partial charge in [-0.15, -0.1) is 0 Å². The van der Waals surface area contributed by atoms with Crippen LogP contribution < -0.4 is 15.2 Å². The Morgan fingerprint density at radius 2 is 1.85 bits per heavy atom. The number of nitrogens with zero attached hydrogens (tertiary/aromatic N) is 4. The minimum absolute atomic E-state index is 0.0801. The first-order chi connectivity index (χ1) is 16.6. The Morgan fingerprint density at radius 3 is 2.65 bits per heavy atom. The van der Waals surface area contributed by atoms with Crippen LogP contribution in [0.5, 0.6) is 17.4 Å². The number of nitrogens with two attached hydrogens (primary N) is 1. The number of hydrogen-bond acceptors (Lipinski definition) is 8. The molecule has 9 heteroatoms. The average molecular weight is 455 g/mol. The van der Waals surface area contributed by atoms with Gasteiger partial charge in [-0.3, -0.25) is 4.98 Å². The van der Waals surface area contributed by atoms with Gasteiger partial charge in [0.2, 0.25) is 11.8 Å². The Kier molecular flexibility index (Phi) is 4.44. The second kappa shape index (κ2) is 7.51. The molecule has 8 nitrogen and oxygen atoms in total. The van der Waals surface area contributed by atoms with E-state index in [0.29, 0.717) is 28.6 Å². The monoisotopic (exact) mass is 455 g/mol. The summed E-state index contributed by atoms with van der Waals surface area (Å²) in [6.07, 6.45) is 4.68. The minimum Gasteiger partial charge on any atom is -0.481 e. The van der Waals surface area contributed by atoms with Crippen LogP contribution in [-0.2, 0) is 10.3 Å². The van der Waals surface area contributed by atoms with E-state index in [4.69, 9.17) is 24.9 Å². The molecule has 0 radical (unpaired) electrons. The molecule has 5 heterocycles. The molecular weight excluding hydrogens is 437 g/mol. The normalized spacial score (nSPS) is 17.9. The molecule has 1 unspecified atom stereocenters. The van der Waals surface area contributed by atoms with E-state index in [9.17, 15) is 4.39 Å². The van der Waals surface area contributed by atoms with Gasteiger partial charge in [0.25, 0.3) is 6.02 Å². The highest BCUT2D eigenvalue weighted by molar-refractivity contribution is 5.79. The van der Waals surface area contributed by atoms with Crippen LogP contribution in [0.1, 0.15) is 11.1 Å². The molecule has 2 aliphatic rings. The number of ether oxygens (including phenoxy) is 3. The summed E-state index contributed by atoms with van der Waals surface area (Å²) < 4.78 is 31.1. The van der Waals surface area contributed by atoms with Crippen LogP contribution in [0, 0.1) is 5.95 Å². The van der Waals surface area contributed by atoms with Crippen LogP contribution >= 0.6 is 0 Å². The van der Waals surface area contributed by atoms with Gasteiger partial charge in [-0.25, -0.2) is 15.0 Å². The average Bonchev–Trinajstić information content (AvgIpc) is 3.26.